The third-order valence-electron chi connectivity index (χ3n) is 5.39. The maximum Gasteiger partial charge on any atom is 0.225 e. The van der Waals surface area contributed by atoms with Gasteiger partial charge in [-0.15, -0.1) is 0 Å². The molecule has 2 aromatic rings. The zero-order valence-electron chi connectivity index (χ0n) is 13.2. The quantitative estimate of drug-likeness (QED) is 0.947. The van der Waals surface area contributed by atoms with Gasteiger partial charge in [0, 0.05) is 36.5 Å². The number of fused-ring (bicyclic) bond motifs is 1. The average Bonchev–Trinajstić information content (AvgIpc) is 2.87. The smallest absolute Gasteiger partial charge is 0.225 e. The van der Waals surface area contributed by atoms with Crippen molar-refractivity contribution in [1.82, 2.24) is 9.88 Å². The van der Waals surface area contributed by atoms with E-state index in [2.05, 4.69) is 11.1 Å². The lowest BCUT2D eigenvalue weighted by atomic mass is 9.84. The Hall–Kier alpha value is -1.94. The molecule has 4 heteroatoms. The molecule has 1 saturated heterocycles. The van der Waals surface area contributed by atoms with E-state index >= 15 is 0 Å². The summed E-state index contributed by atoms with van der Waals surface area (Å²) in [4.78, 5) is 18.7. The first-order chi connectivity index (χ1) is 11.2. The predicted octanol–water partition coefficient (Wildman–Crippen LogP) is 2.40. The van der Waals surface area contributed by atoms with Gasteiger partial charge in [-0.1, -0.05) is 24.6 Å². The van der Waals surface area contributed by atoms with Crippen LogP contribution in [0.25, 0.3) is 10.9 Å². The third kappa shape index (κ3) is 2.72. The van der Waals surface area contributed by atoms with E-state index in [-0.39, 0.29) is 17.7 Å². The Labute approximate surface area is 136 Å². The van der Waals surface area contributed by atoms with E-state index in [1.54, 1.807) is 0 Å². The third-order valence-corrected chi connectivity index (χ3v) is 5.39. The van der Waals surface area contributed by atoms with Crippen LogP contribution in [0.15, 0.2) is 36.5 Å². The Morgan fingerprint density at radius 2 is 2.04 bits per heavy atom. The van der Waals surface area contributed by atoms with E-state index in [1.807, 2.05) is 35.4 Å². The lowest BCUT2D eigenvalue weighted by Gasteiger charge is -2.29. The molecule has 1 aromatic carbocycles. The van der Waals surface area contributed by atoms with Crippen LogP contribution in [-0.4, -0.2) is 40.1 Å². The van der Waals surface area contributed by atoms with Crippen molar-refractivity contribution in [3.8, 4) is 0 Å². The molecule has 4 nitrogen and oxygen atoms in total. The van der Waals surface area contributed by atoms with Gasteiger partial charge in [-0.2, -0.15) is 0 Å². The second-order valence-electron chi connectivity index (χ2n) is 6.89. The molecule has 2 heterocycles. The number of aliphatic hydroxyl groups excluding tert-OH is 1. The topological polar surface area (TPSA) is 53.4 Å². The number of amides is 1. The molecule has 0 unspecified atom stereocenters. The van der Waals surface area contributed by atoms with E-state index in [0.717, 1.165) is 30.2 Å². The van der Waals surface area contributed by atoms with Gasteiger partial charge < -0.3 is 10.0 Å². The summed E-state index contributed by atoms with van der Waals surface area (Å²) in [6.45, 7) is 1.16. The van der Waals surface area contributed by atoms with Crippen molar-refractivity contribution in [2.45, 2.75) is 31.8 Å². The molecule has 2 atom stereocenters. The number of para-hydroxylation sites is 1. The SMILES string of the molecule is O=C(C1CCC1)N1C[C@@H](Cc2ccnc3ccccc23)[C@H](O)C1. The minimum Gasteiger partial charge on any atom is -0.391 e. The zero-order chi connectivity index (χ0) is 15.8. The number of nitrogens with zero attached hydrogens (tertiary/aromatic N) is 2. The van der Waals surface area contributed by atoms with Gasteiger partial charge in [0.25, 0.3) is 0 Å². The number of likely N-dealkylation sites (tertiary alicyclic amines) is 1. The van der Waals surface area contributed by atoms with Gasteiger partial charge in [-0.3, -0.25) is 9.78 Å². The highest BCUT2D eigenvalue weighted by Gasteiger charge is 2.38. The summed E-state index contributed by atoms with van der Waals surface area (Å²) in [6.07, 6.45) is 5.40. The first-order valence-corrected chi connectivity index (χ1v) is 8.52. The Bertz CT molecular complexity index is 721. The minimum atomic E-state index is -0.425. The number of hydrogen-bond donors (Lipinski definition) is 1. The number of β-amino-alcohol motifs (C(OH)–C–C–N with tert-alkyl or cyclic N) is 1. The van der Waals surface area contributed by atoms with E-state index < -0.39 is 6.10 Å². The summed E-state index contributed by atoms with van der Waals surface area (Å²) in [5.74, 6) is 0.574. The molecule has 120 valence electrons. The van der Waals surface area contributed by atoms with Gasteiger partial charge >= 0.3 is 0 Å². The Balaban J connectivity index is 1.51. The number of pyridine rings is 1. The van der Waals surface area contributed by atoms with Crippen LogP contribution >= 0.6 is 0 Å². The monoisotopic (exact) mass is 310 g/mol. The lowest BCUT2D eigenvalue weighted by molar-refractivity contribution is -0.137. The standard InChI is InChI=1S/C19H22N2O2/c22-18-12-21(19(23)13-4-3-5-13)11-15(18)10-14-8-9-20-17-7-2-1-6-16(14)17/h1-2,6-9,13,15,18,22H,3-5,10-12H2/t15-,18-/m1/s1. The van der Waals surface area contributed by atoms with E-state index in [0.29, 0.717) is 13.1 Å². The van der Waals surface area contributed by atoms with Crippen LogP contribution in [0, 0.1) is 11.8 Å². The molecular weight excluding hydrogens is 288 g/mol. The summed E-state index contributed by atoms with van der Waals surface area (Å²) in [5.41, 5.74) is 2.19. The second kappa shape index (κ2) is 5.93. The maximum atomic E-state index is 12.4. The average molecular weight is 310 g/mol. The highest BCUT2D eigenvalue weighted by Crippen LogP contribution is 2.31. The number of rotatable bonds is 3. The van der Waals surface area contributed by atoms with Crippen LogP contribution in [0.1, 0.15) is 24.8 Å². The molecule has 0 spiro atoms. The van der Waals surface area contributed by atoms with E-state index in [9.17, 15) is 9.90 Å². The molecule has 1 aliphatic carbocycles. The van der Waals surface area contributed by atoms with Crippen molar-refractivity contribution >= 4 is 16.8 Å². The van der Waals surface area contributed by atoms with Crippen molar-refractivity contribution in [2.75, 3.05) is 13.1 Å². The van der Waals surface area contributed by atoms with Crippen LogP contribution < -0.4 is 0 Å². The zero-order valence-corrected chi connectivity index (χ0v) is 13.2. The number of carbonyl (C=O) groups is 1. The largest absolute Gasteiger partial charge is 0.391 e. The van der Waals surface area contributed by atoms with Crippen molar-refractivity contribution in [1.29, 1.82) is 0 Å². The summed E-state index contributed by atoms with van der Waals surface area (Å²) in [5, 5.41) is 11.5. The fraction of sp³-hybridized carbons (Fsp3) is 0.474. The van der Waals surface area contributed by atoms with Crippen molar-refractivity contribution in [3.63, 3.8) is 0 Å². The van der Waals surface area contributed by atoms with E-state index in [4.69, 9.17) is 0 Å². The summed E-state index contributed by atoms with van der Waals surface area (Å²) >= 11 is 0. The van der Waals surface area contributed by atoms with E-state index in [1.165, 1.54) is 12.0 Å². The lowest BCUT2D eigenvalue weighted by Crippen LogP contribution is -2.37. The second-order valence-corrected chi connectivity index (χ2v) is 6.89. The van der Waals surface area contributed by atoms with Crippen LogP contribution in [0.5, 0.6) is 0 Å². The normalized spacial score (nSPS) is 24.8. The molecule has 2 fully saturated rings. The van der Waals surface area contributed by atoms with Crippen molar-refractivity contribution in [2.24, 2.45) is 11.8 Å². The molecule has 1 amide bonds. The number of hydrogen-bond acceptors (Lipinski definition) is 3. The highest BCUT2D eigenvalue weighted by molar-refractivity contribution is 5.82. The summed E-state index contributed by atoms with van der Waals surface area (Å²) in [7, 11) is 0. The van der Waals surface area contributed by atoms with Crippen LogP contribution in [-0.2, 0) is 11.2 Å². The van der Waals surface area contributed by atoms with Gasteiger partial charge in [-0.25, -0.2) is 0 Å². The van der Waals surface area contributed by atoms with Crippen molar-refractivity contribution < 1.29 is 9.90 Å². The first-order valence-electron chi connectivity index (χ1n) is 8.52. The Kier molecular flexibility index (Phi) is 3.77. The number of benzene rings is 1. The first kappa shape index (κ1) is 14.6. The van der Waals surface area contributed by atoms with Gasteiger partial charge in [0.05, 0.1) is 11.6 Å². The molecule has 23 heavy (non-hydrogen) atoms. The molecule has 0 radical (unpaired) electrons. The molecule has 4 rings (SSSR count). The molecule has 1 aromatic heterocycles. The van der Waals surface area contributed by atoms with Crippen LogP contribution in [0.2, 0.25) is 0 Å². The van der Waals surface area contributed by atoms with Gasteiger partial charge in [0.2, 0.25) is 5.91 Å². The molecular formula is C19H22N2O2. The van der Waals surface area contributed by atoms with Crippen LogP contribution in [0.4, 0.5) is 0 Å². The fourth-order valence-electron chi connectivity index (χ4n) is 3.76. The molecule has 0 bridgehead atoms. The molecule has 1 N–H and O–H groups in total. The van der Waals surface area contributed by atoms with Gasteiger partial charge in [0.15, 0.2) is 0 Å². The number of carbonyl (C=O) groups excluding carboxylic acids is 1. The molecule has 2 aliphatic rings. The highest BCUT2D eigenvalue weighted by atomic mass is 16.3. The maximum absolute atomic E-state index is 12.4. The van der Waals surface area contributed by atoms with Crippen LogP contribution in [0.3, 0.4) is 0 Å². The number of aromatic nitrogens is 1. The van der Waals surface area contributed by atoms with Crippen molar-refractivity contribution in [3.05, 3.63) is 42.1 Å². The van der Waals surface area contributed by atoms with Gasteiger partial charge in [-0.05, 0) is 37.0 Å². The summed E-state index contributed by atoms with van der Waals surface area (Å²) in [6, 6.07) is 10.1. The predicted molar refractivity (Wildman–Crippen MR) is 88.9 cm³/mol. The summed E-state index contributed by atoms with van der Waals surface area (Å²) < 4.78 is 0. The Morgan fingerprint density at radius 3 is 2.83 bits per heavy atom. The minimum absolute atomic E-state index is 0.116. The molecule has 1 saturated carbocycles. The fourth-order valence-corrected chi connectivity index (χ4v) is 3.76. The van der Waals surface area contributed by atoms with Gasteiger partial charge in [0.1, 0.15) is 0 Å². The Morgan fingerprint density at radius 1 is 1.22 bits per heavy atom. The molecule has 1 aliphatic heterocycles. The number of aliphatic hydroxyl groups is 1.